The fourth-order valence-electron chi connectivity index (χ4n) is 1.53. The van der Waals surface area contributed by atoms with E-state index >= 15 is 0 Å². The maximum absolute atomic E-state index is 12.3. The molecule has 17 heavy (non-hydrogen) atoms. The molecule has 0 fully saturated rings. The summed E-state index contributed by atoms with van der Waals surface area (Å²) in [5.74, 6) is -0.0993. The van der Waals surface area contributed by atoms with E-state index in [0.29, 0.717) is 22.3 Å². The fraction of sp³-hybridized carbons (Fsp3) is 0.273. The minimum Gasteiger partial charge on any atom is -0.287 e. The lowest BCUT2D eigenvalue weighted by molar-refractivity contribution is 0.102. The van der Waals surface area contributed by atoms with Crippen LogP contribution in [0.1, 0.15) is 29.4 Å². The number of hydrogen-bond acceptors (Lipinski definition) is 4. The average Bonchev–Trinajstić information content (AvgIpc) is 2.71. The van der Waals surface area contributed by atoms with Gasteiger partial charge in [-0.1, -0.05) is 6.92 Å². The molecule has 0 spiro atoms. The lowest BCUT2D eigenvalue weighted by atomic mass is 10.1. The molecule has 0 aliphatic rings. The van der Waals surface area contributed by atoms with E-state index in [-0.39, 0.29) is 5.78 Å². The van der Waals surface area contributed by atoms with Crippen molar-refractivity contribution in [3.63, 3.8) is 0 Å². The van der Waals surface area contributed by atoms with Crippen LogP contribution in [0.3, 0.4) is 0 Å². The van der Waals surface area contributed by atoms with Crippen molar-refractivity contribution in [2.75, 3.05) is 0 Å². The summed E-state index contributed by atoms with van der Waals surface area (Å²) in [6.07, 6.45) is 5.51. The molecule has 88 valence electrons. The van der Waals surface area contributed by atoms with Crippen molar-refractivity contribution >= 4 is 21.7 Å². The molecule has 0 aliphatic carbocycles. The first-order valence-electron chi connectivity index (χ1n) is 5.26. The first-order chi connectivity index (χ1) is 8.24. The summed E-state index contributed by atoms with van der Waals surface area (Å²) in [6, 6.07) is 1.64. The maximum atomic E-state index is 12.3. The molecule has 0 N–H and O–H groups in total. The highest BCUT2D eigenvalue weighted by molar-refractivity contribution is 9.10. The zero-order valence-corrected chi connectivity index (χ0v) is 10.9. The number of aryl methyl sites for hydroxylation is 1. The third kappa shape index (κ3) is 2.41. The van der Waals surface area contributed by atoms with Crippen molar-refractivity contribution in [2.24, 2.45) is 0 Å². The van der Waals surface area contributed by atoms with Crippen molar-refractivity contribution in [3.05, 3.63) is 40.4 Å². The van der Waals surface area contributed by atoms with Crippen LogP contribution in [0.5, 0.6) is 0 Å². The summed E-state index contributed by atoms with van der Waals surface area (Å²) in [7, 11) is 0. The number of carbonyl (C=O) groups is 1. The SMILES string of the molecule is CCCn1ncc(Br)c1C(=O)c1ccnnc1. The number of ketones is 1. The Hall–Kier alpha value is -1.56. The van der Waals surface area contributed by atoms with Crippen LogP contribution in [0.2, 0.25) is 0 Å². The molecule has 0 saturated heterocycles. The predicted octanol–water partition coefficient (Wildman–Crippen LogP) is 2.08. The molecule has 5 nitrogen and oxygen atoms in total. The molecule has 2 heterocycles. The van der Waals surface area contributed by atoms with E-state index in [1.807, 2.05) is 6.92 Å². The van der Waals surface area contributed by atoms with E-state index in [4.69, 9.17) is 0 Å². The van der Waals surface area contributed by atoms with Crippen LogP contribution in [0.25, 0.3) is 0 Å². The van der Waals surface area contributed by atoms with Gasteiger partial charge in [-0.2, -0.15) is 15.3 Å². The van der Waals surface area contributed by atoms with Crippen LogP contribution in [0, 0.1) is 0 Å². The largest absolute Gasteiger partial charge is 0.287 e. The normalized spacial score (nSPS) is 10.5. The molecule has 0 aromatic carbocycles. The fourth-order valence-corrected chi connectivity index (χ4v) is 2.01. The highest BCUT2D eigenvalue weighted by atomic mass is 79.9. The molecule has 0 unspecified atom stereocenters. The molecule has 0 amide bonds. The Bertz CT molecular complexity index is 524. The lowest BCUT2D eigenvalue weighted by Gasteiger charge is -2.05. The first kappa shape index (κ1) is 11.9. The van der Waals surface area contributed by atoms with Gasteiger partial charge in [-0.05, 0) is 28.4 Å². The Labute approximate surface area is 107 Å². The van der Waals surface area contributed by atoms with Gasteiger partial charge >= 0.3 is 0 Å². The first-order valence-corrected chi connectivity index (χ1v) is 6.06. The predicted molar refractivity (Wildman–Crippen MR) is 65.7 cm³/mol. The number of halogens is 1. The Morgan fingerprint density at radius 3 is 2.88 bits per heavy atom. The van der Waals surface area contributed by atoms with Crippen molar-refractivity contribution in [2.45, 2.75) is 19.9 Å². The molecule has 2 aromatic heterocycles. The van der Waals surface area contributed by atoms with Gasteiger partial charge in [-0.25, -0.2) is 0 Å². The summed E-state index contributed by atoms with van der Waals surface area (Å²) < 4.78 is 2.40. The van der Waals surface area contributed by atoms with Gasteiger partial charge in [0.15, 0.2) is 0 Å². The van der Waals surface area contributed by atoms with Crippen molar-refractivity contribution in [3.8, 4) is 0 Å². The van der Waals surface area contributed by atoms with Crippen molar-refractivity contribution in [1.29, 1.82) is 0 Å². The Morgan fingerprint density at radius 1 is 1.41 bits per heavy atom. The molecule has 0 saturated carbocycles. The van der Waals surface area contributed by atoms with Gasteiger partial charge in [0.1, 0.15) is 5.69 Å². The summed E-state index contributed by atoms with van der Waals surface area (Å²) in [5.41, 5.74) is 1.07. The van der Waals surface area contributed by atoms with Crippen LogP contribution in [0.4, 0.5) is 0 Å². The minimum atomic E-state index is -0.0993. The van der Waals surface area contributed by atoms with Crippen LogP contribution < -0.4 is 0 Å². The highest BCUT2D eigenvalue weighted by Crippen LogP contribution is 2.19. The van der Waals surface area contributed by atoms with Gasteiger partial charge in [0.2, 0.25) is 5.78 Å². The van der Waals surface area contributed by atoms with Crippen LogP contribution in [0.15, 0.2) is 29.1 Å². The lowest BCUT2D eigenvalue weighted by Crippen LogP contribution is -2.12. The minimum absolute atomic E-state index is 0.0993. The summed E-state index contributed by atoms with van der Waals surface area (Å²) in [6.45, 7) is 2.75. The van der Waals surface area contributed by atoms with E-state index in [1.54, 1.807) is 16.9 Å². The molecule has 6 heteroatoms. The molecule has 0 radical (unpaired) electrons. The van der Waals surface area contributed by atoms with Crippen molar-refractivity contribution < 1.29 is 4.79 Å². The maximum Gasteiger partial charge on any atom is 0.213 e. The topological polar surface area (TPSA) is 60.7 Å². The Balaban J connectivity index is 2.40. The van der Waals surface area contributed by atoms with Gasteiger partial charge in [-0.15, -0.1) is 0 Å². The van der Waals surface area contributed by atoms with Crippen LogP contribution >= 0.6 is 15.9 Å². The quantitative estimate of drug-likeness (QED) is 0.810. The zero-order chi connectivity index (χ0) is 12.3. The molecule has 2 aromatic rings. The number of nitrogens with zero attached hydrogens (tertiary/aromatic N) is 4. The second-order valence-corrected chi connectivity index (χ2v) is 4.38. The van der Waals surface area contributed by atoms with Crippen LogP contribution in [-0.4, -0.2) is 25.8 Å². The summed E-state index contributed by atoms with van der Waals surface area (Å²) in [4.78, 5) is 12.3. The third-order valence-electron chi connectivity index (χ3n) is 2.29. The Kier molecular flexibility index (Phi) is 3.63. The molecule has 0 bridgehead atoms. The van der Waals surface area contributed by atoms with E-state index in [1.165, 1.54) is 12.4 Å². The van der Waals surface area contributed by atoms with E-state index in [0.717, 1.165) is 6.42 Å². The highest BCUT2D eigenvalue weighted by Gasteiger charge is 2.18. The number of rotatable bonds is 4. The van der Waals surface area contributed by atoms with Gasteiger partial charge < -0.3 is 0 Å². The van der Waals surface area contributed by atoms with E-state index in [9.17, 15) is 4.79 Å². The zero-order valence-electron chi connectivity index (χ0n) is 9.30. The second-order valence-electron chi connectivity index (χ2n) is 3.52. The number of carbonyl (C=O) groups excluding carboxylic acids is 1. The summed E-state index contributed by atoms with van der Waals surface area (Å²) >= 11 is 3.34. The van der Waals surface area contributed by atoms with Gasteiger partial charge in [0.05, 0.1) is 23.1 Å². The van der Waals surface area contributed by atoms with E-state index in [2.05, 4.69) is 31.2 Å². The third-order valence-corrected chi connectivity index (χ3v) is 2.87. The standard InChI is InChI=1S/C11H11BrN4O/c1-2-5-16-10(9(12)7-15-16)11(17)8-3-4-13-14-6-8/h3-4,6-7H,2,5H2,1H3. The molecular formula is C11H11BrN4O. The van der Waals surface area contributed by atoms with Gasteiger partial charge in [0, 0.05) is 12.1 Å². The Morgan fingerprint density at radius 2 is 2.24 bits per heavy atom. The van der Waals surface area contributed by atoms with E-state index < -0.39 is 0 Å². The number of aromatic nitrogens is 4. The summed E-state index contributed by atoms with van der Waals surface area (Å²) in [5, 5.41) is 11.5. The average molecular weight is 295 g/mol. The van der Waals surface area contributed by atoms with Gasteiger partial charge in [0.25, 0.3) is 0 Å². The molecule has 0 aliphatic heterocycles. The van der Waals surface area contributed by atoms with Crippen LogP contribution in [-0.2, 0) is 6.54 Å². The van der Waals surface area contributed by atoms with Crippen molar-refractivity contribution in [1.82, 2.24) is 20.0 Å². The van der Waals surface area contributed by atoms with Gasteiger partial charge in [-0.3, -0.25) is 9.48 Å². The number of hydrogen-bond donors (Lipinski definition) is 0. The molecule has 2 rings (SSSR count). The molecular weight excluding hydrogens is 284 g/mol. The molecule has 0 atom stereocenters. The monoisotopic (exact) mass is 294 g/mol. The smallest absolute Gasteiger partial charge is 0.213 e. The second kappa shape index (κ2) is 5.18.